The Labute approximate surface area is 176 Å². The van der Waals surface area contributed by atoms with Crippen LogP contribution in [0.15, 0.2) is 30.3 Å². The number of hydrogen-bond donors (Lipinski definition) is 1. The zero-order valence-electron chi connectivity index (χ0n) is 14.9. The molecule has 0 aliphatic carbocycles. The van der Waals surface area contributed by atoms with E-state index in [0.29, 0.717) is 22.7 Å². The molecule has 0 saturated carbocycles. The van der Waals surface area contributed by atoms with Gasteiger partial charge in [-0.3, -0.25) is 14.5 Å². The van der Waals surface area contributed by atoms with Crippen LogP contribution in [-0.4, -0.2) is 50.3 Å². The van der Waals surface area contributed by atoms with Gasteiger partial charge in [0.2, 0.25) is 5.91 Å². The molecule has 2 aliphatic rings. The van der Waals surface area contributed by atoms with Gasteiger partial charge >= 0.3 is 12.0 Å². The van der Waals surface area contributed by atoms with E-state index < -0.39 is 0 Å². The van der Waals surface area contributed by atoms with Gasteiger partial charge in [0.05, 0.1) is 16.5 Å². The van der Waals surface area contributed by atoms with E-state index in [0.717, 1.165) is 30.6 Å². The summed E-state index contributed by atoms with van der Waals surface area (Å²) in [5, 5.41) is 3.27. The summed E-state index contributed by atoms with van der Waals surface area (Å²) in [6, 6.07) is 9.37. The number of fused-ring (bicyclic) bond motifs is 1. The van der Waals surface area contributed by atoms with Crippen molar-refractivity contribution in [2.75, 3.05) is 10.2 Å². The summed E-state index contributed by atoms with van der Waals surface area (Å²) in [7, 11) is 0. The average Bonchev–Trinajstić information content (AvgIpc) is 3.21. The van der Waals surface area contributed by atoms with E-state index in [1.807, 2.05) is 64.7 Å². The summed E-state index contributed by atoms with van der Waals surface area (Å²) in [6.07, 6.45) is 3.00. The molecule has 0 radical (unpaired) electrons. The number of urea groups is 1. The van der Waals surface area contributed by atoms with Crippen molar-refractivity contribution in [1.82, 2.24) is 10.2 Å². The second kappa shape index (κ2) is 9.77. The van der Waals surface area contributed by atoms with Gasteiger partial charge in [-0.25, -0.2) is 4.79 Å². The molecule has 2 fully saturated rings. The van der Waals surface area contributed by atoms with E-state index >= 15 is 0 Å². The topological polar surface area (TPSA) is 75.7 Å². The van der Waals surface area contributed by atoms with Crippen LogP contribution in [0.1, 0.15) is 31.2 Å². The lowest BCUT2D eigenvalue weighted by Gasteiger charge is -2.19. The van der Waals surface area contributed by atoms with Gasteiger partial charge in [0, 0.05) is 17.4 Å². The molecule has 0 spiro atoms. The number of ether oxygens (including phenoxy) is 1. The highest BCUT2D eigenvalue weighted by atomic mass is 127. The number of imide groups is 1. The van der Waals surface area contributed by atoms with Crippen molar-refractivity contribution < 1.29 is 19.1 Å². The third kappa shape index (κ3) is 5.16. The van der Waals surface area contributed by atoms with Crippen molar-refractivity contribution in [3.8, 4) is 0 Å². The van der Waals surface area contributed by atoms with Crippen LogP contribution in [0.3, 0.4) is 0 Å². The van der Waals surface area contributed by atoms with Crippen LogP contribution in [0.4, 0.5) is 4.79 Å². The molecule has 2 aliphatic heterocycles. The zero-order valence-corrected chi connectivity index (χ0v) is 17.9. The fourth-order valence-electron chi connectivity index (χ4n) is 3.51. The monoisotopic (exact) mass is 502 g/mol. The molecule has 146 valence electrons. The van der Waals surface area contributed by atoms with Crippen molar-refractivity contribution in [3.63, 3.8) is 0 Å². The van der Waals surface area contributed by atoms with Gasteiger partial charge in [-0.05, 0) is 18.4 Å². The normalized spacial score (nSPS) is 23.8. The SMILES string of the molecule is O=C(CCCCC1SCC2C1NC(=O)N2C(=O)CI)OCc1ccccc1. The molecule has 1 aromatic rings. The number of benzene rings is 1. The zero-order chi connectivity index (χ0) is 19.2. The molecule has 1 aromatic carbocycles. The predicted molar refractivity (Wildman–Crippen MR) is 113 cm³/mol. The molecule has 2 heterocycles. The van der Waals surface area contributed by atoms with Crippen molar-refractivity contribution in [3.05, 3.63) is 35.9 Å². The van der Waals surface area contributed by atoms with Gasteiger partial charge in [-0.2, -0.15) is 11.8 Å². The Bertz CT molecular complexity index is 688. The summed E-state index contributed by atoms with van der Waals surface area (Å²) in [5.74, 6) is 0.488. The number of carbonyl (C=O) groups is 3. The predicted octanol–water partition coefficient (Wildman–Crippen LogP) is 3.13. The number of alkyl halides is 1. The molecule has 6 nitrogen and oxygen atoms in total. The Balaban J connectivity index is 1.36. The number of unbranched alkanes of at least 4 members (excludes halogenated alkanes) is 1. The number of nitrogens with zero attached hydrogens (tertiary/aromatic N) is 1. The largest absolute Gasteiger partial charge is 0.461 e. The molecule has 3 rings (SSSR count). The van der Waals surface area contributed by atoms with Crippen molar-refractivity contribution in [1.29, 1.82) is 0 Å². The van der Waals surface area contributed by atoms with Gasteiger partial charge in [-0.15, -0.1) is 0 Å². The minimum absolute atomic E-state index is 0.0273. The lowest BCUT2D eigenvalue weighted by molar-refractivity contribution is -0.145. The molecule has 1 N–H and O–H groups in total. The highest BCUT2D eigenvalue weighted by molar-refractivity contribution is 14.1. The number of halogens is 1. The van der Waals surface area contributed by atoms with E-state index in [1.165, 1.54) is 4.90 Å². The third-order valence-corrected chi connectivity index (χ3v) is 7.03. The number of esters is 1. The van der Waals surface area contributed by atoms with Crippen LogP contribution < -0.4 is 5.32 Å². The van der Waals surface area contributed by atoms with Crippen LogP contribution in [0, 0.1) is 0 Å². The summed E-state index contributed by atoms with van der Waals surface area (Å²) in [4.78, 5) is 37.3. The number of amides is 3. The van der Waals surface area contributed by atoms with Gasteiger partial charge in [0.25, 0.3) is 0 Å². The maximum Gasteiger partial charge on any atom is 0.324 e. The molecular weight excluding hydrogens is 479 g/mol. The van der Waals surface area contributed by atoms with Crippen molar-refractivity contribution in [2.45, 2.75) is 49.6 Å². The molecule has 0 aromatic heterocycles. The van der Waals surface area contributed by atoms with E-state index in [-0.39, 0.29) is 30.0 Å². The smallest absolute Gasteiger partial charge is 0.324 e. The van der Waals surface area contributed by atoms with E-state index in [1.54, 1.807) is 0 Å². The van der Waals surface area contributed by atoms with Gasteiger partial charge in [0.15, 0.2) is 0 Å². The quantitative estimate of drug-likeness (QED) is 0.195. The van der Waals surface area contributed by atoms with Crippen LogP contribution in [-0.2, 0) is 20.9 Å². The van der Waals surface area contributed by atoms with Gasteiger partial charge in [-0.1, -0.05) is 59.3 Å². The highest BCUT2D eigenvalue weighted by Crippen LogP contribution is 2.37. The standard InChI is InChI=1S/C19H23IN2O4S/c20-10-16(23)22-14-12-27-15(18(14)21-19(22)25)8-4-5-9-17(24)26-11-13-6-2-1-3-7-13/h1-3,6-7,14-15,18H,4-5,8-12H2,(H,21,25). The first-order valence-electron chi connectivity index (χ1n) is 9.10. The number of thioether (sulfide) groups is 1. The summed E-state index contributed by atoms with van der Waals surface area (Å²) < 4.78 is 5.60. The highest BCUT2D eigenvalue weighted by Gasteiger charge is 2.49. The molecule has 27 heavy (non-hydrogen) atoms. The maximum atomic E-state index is 12.1. The molecule has 3 atom stereocenters. The molecule has 0 bridgehead atoms. The molecular formula is C19H23IN2O4S. The Hall–Kier alpha value is -1.29. The Morgan fingerprint density at radius 1 is 1.26 bits per heavy atom. The summed E-state index contributed by atoms with van der Waals surface area (Å²) in [5.41, 5.74) is 0.988. The minimum Gasteiger partial charge on any atom is -0.461 e. The number of rotatable bonds is 8. The summed E-state index contributed by atoms with van der Waals surface area (Å²) in [6.45, 7) is 0.314. The third-order valence-electron chi connectivity index (χ3n) is 4.88. The average molecular weight is 502 g/mol. The summed E-state index contributed by atoms with van der Waals surface area (Å²) >= 11 is 3.80. The second-order valence-corrected chi connectivity index (χ2v) is 8.74. The van der Waals surface area contributed by atoms with Crippen LogP contribution >= 0.6 is 34.4 Å². The molecule has 8 heteroatoms. The van der Waals surface area contributed by atoms with Crippen LogP contribution in [0.5, 0.6) is 0 Å². The fourth-order valence-corrected chi connectivity index (χ4v) is 5.47. The first-order valence-corrected chi connectivity index (χ1v) is 11.7. The van der Waals surface area contributed by atoms with E-state index in [2.05, 4.69) is 5.32 Å². The van der Waals surface area contributed by atoms with E-state index in [9.17, 15) is 14.4 Å². The van der Waals surface area contributed by atoms with Gasteiger partial charge < -0.3 is 10.1 Å². The number of nitrogens with one attached hydrogen (secondary N) is 1. The Morgan fingerprint density at radius 3 is 2.78 bits per heavy atom. The lowest BCUT2D eigenvalue weighted by Crippen LogP contribution is -2.42. The van der Waals surface area contributed by atoms with Crippen LogP contribution in [0.2, 0.25) is 0 Å². The first-order chi connectivity index (χ1) is 13.1. The maximum absolute atomic E-state index is 12.1. The molecule has 3 unspecified atom stereocenters. The fraction of sp³-hybridized carbons (Fsp3) is 0.526. The lowest BCUT2D eigenvalue weighted by atomic mass is 10.0. The Kier molecular flexibility index (Phi) is 7.40. The van der Waals surface area contributed by atoms with Crippen molar-refractivity contribution >= 4 is 52.3 Å². The van der Waals surface area contributed by atoms with Crippen LogP contribution in [0.25, 0.3) is 0 Å². The molecule has 3 amide bonds. The van der Waals surface area contributed by atoms with Crippen molar-refractivity contribution in [2.24, 2.45) is 0 Å². The second-order valence-electron chi connectivity index (χ2n) is 6.70. The first kappa shape index (κ1) is 20.4. The minimum atomic E-state index is -0.263. The van der Waals surface area contributed by atoms with Gasteiger partial charge in [0.1, 0.15) is 6.61 Å². The molecule has 2 saturated heterocycles. The Morgan fingerprint density at radius 2 is 2.04 bits per heavy atom. The number of hydrogen-bond acceptors (Lipinski definition) is 5. The van der Waals surface area contributed by atoms with E-state index in [4.69, 9.17) is 4.74 Å². The number of carbonyl (C=O) groups excluding carboxylic acids is 3.